The Balaban J connectivity index is 2.01. The second kappa shape index (κ2) is 5.12. The highest BCUT2D eigenvalue weighted by atomic mass is 16.4. The third-order valence-electron chi connectivity index (χ3n) is 5.08. The molecule has 1 saturated heterocycles. The molecule has 2 rings (SSSR count). The molecule has 0 radical (unpaired) electrons. The molecule has 1 aliphatic heterocycles. The van der Waals surface area contributed by atoms with Crippen LogP contribution in [-0.2, 0) is 9.59 Å². The first-order chi connectivity index (χ1) is 8.93. The average Bonchev–Trinajstić information content (AvgIpc) is 2.88. The Hall–Kier alpha value is -1.10. The quantitative estimate of drug-likeness (QED) is 0.806. The number of nitrogens with two attached hydrogens (primary N) is 1. The lowest BCUT2D eigenvalue weighted by Crippen LogP contribution is -2.51. The van der Waals surface area contributed by atoms with Gasteiger partial charge >= 0.3 is 5.97 Å². The summed E-state index contributed by atoms with van der Waals surface area (Å²) < 4.78 is 0. The van der Waals surface area contributed by atoms with Crippen LogP contribution in [-0.4, -0.2) is 41.5 Å². The molecule has 0 aromatic carbocycles. The highest BCUT2D eigenvalue weighted by Gasteiger charge is 2.45. The Labute approximate surface area is 114 Å². The lowest BCUT2D eigenvalue weighted by molar-refractivity contribution is -0.155. The Bertz CT molecular complexity index is 367. The molecule has 0 spiro atoms. The molecule has 1 saturated carbocycles. The van der Waals surface area contributed by atoms with Crippen molar-refractivity contribution >= 4 is 11.9 Å². The summed E-state index contributed by atoms with van der Waals surface area (Å²) >= 11 is 0. The molecule has 0 atom stereocenters. The van der Waals surface area contributed by atoms with Gasteiger partial charge in [-0.15, -0.1) is 0 Å². The van der Waals surface area contributed by atoms with Crippen LogP contribution in [0.15, 0.2) is 0 Å². The molecule has 108 valence electrons. The Morgan fingerprint density at radius 2 is 1.68 bits per heavy atom. The van der Waals surface area contributed by atoms with Crippen molar-refractivity contribution in [2.45, 2.75) is 45.4 Å². The zero-order valence-electron chi connectivity index (χ0n) is 11.7. The fourth-order valence-corrected chi connectivity index (χ4v) is 3.31. The number of rotatable bonds is 3. The zero-order valence-corrected chi connectivity index (χ0v) is 11.7. The van der Waals surface area contributed by atoms with Gasteiger partial charge in [-0.05, 0) is 32.6 Å². The van der Waals surface area contributed by atoms with Gasteiger partial charge in [-0.1, -0.05) is 12.8 Å². The van der Waals surface area contributed by atoms with Gasteiger partial charge in [0.1, 0.15) is 0 Å². The topological polar surface area (TPSA) is 83.6 Å². The molecule has 0 unspecified atom stereocenters. The van der Waals surface area contributed by atoms with E-state index < -0.39 is 11.4 Å². The van der Waals surface area contributed by atoms with E-state index in [9.17, 15) is 14.7 Å². The van der Waals surface area contributed by atoms with Gasteiger partial charge in [-0.2, -0.15) is 0 Å². The molecular formula is C14H24N2O3. The molecule has 1 heterocycles. The summed E-state index contributed by atoms with van der Waals surface area (Å²) in [5.41, 5.74) is 4.79. The number of carbonyl (C=O) groups is 2. The van der Waals surface area contributed by atoms with Crippen LogP contribution in [0.4, 0.5) is 0 Å². The van der Waals surface area contributed by atoms with E-state index in [0.717, 1.165) is 25.7 Å². The van der Waals surface area contributed by atoms with Crippen molar-refractivity contribution in [2.24, 2.45) is 16.6 Å². The Morgan fingerprint density at radius 1 is 1.16 bits per heavy atom. The third kappa shape index (κ3) is 2.48. The third-order valence-corrected chi connectivity index (χ3v) is 5.08. The summed E-state index contributed by atoms with van der Waals surface area (Å²) in [6.07, 6.45) is 4.99. The predicted molar refractivity (Wildman–Crippen MR) is 71.5 cm³/mol. The Morgan fingerprint density at radius 3 is 2.11 bits per heavy atom. The molecule has 1 amide bonds. The van der Waals surface area contributed by atoms with E-state index in [1.807, 2.05) is 4.90 Å². The van der Waals surface area contributed by atoms with Crippen molar-refractivity contribution in [1.29, 1.82) is 0 Å². The molecule has 3 N–H and O–H groups in total. The van der Waals surface area contributed by atoms with Gasteiger partial charge in [0.25, 0.3) is 0 Å². The van der Waals surface area contributed by atoms with Gasteiger partial charge in [0, 0.05) is 19.6 Å². The van der Waals surface area contributed by atoms with E-state index in [-0.39, 0.29) is 11.3 Å². The van der Waals surface area contributed by atoms with Crippen LogP contribution in [0.1, 0.15) is 45.4 Å². The van der Waals surface area contributed by atoms with Gasteiger partial charge in [0.15, 0.2) is 0 Å². The molecule has 5 nitrogen and oxygen atoms in total. The minimum atomic E-state index is -0.756. The normalized spacial score (nSPS) is 25.3. The molecule has 19 heavy (non-hydrogen) atoms. The summed E-state index contributed by atoms with van der Waals surface area (Å²) in [7, 11) is 0. The number of carbonyl (C=O) groups excluding carboxylic acids is 1. The molecule has 1 aliphatic carbocycles. The summed E-state index contributed by atoms with van der Waals surface area (Å²) in [6.45, 7) is 3.27. The maximum atomic E-state index is 12.6. The van der Waals surface area contributed by atoms with Crippen LogP contribution >= 0.6 is 0 Å². The first-order valence-electron chi connectivity index (χ1n) is 7.16. The molecule has 2 aliphatic rings. The van der Waals surface area contributed by atoms with Crippen molar-refractivity contribution in [3.8, 4) is 0 Å². The van der Waals surface area contributed by atoms with Crippen molar-refractivity contribution < 1.29 is 14.7 Å². The maximum absolute atomic E-state index is 12.6. The molecule has 2 fully saturated rings. The summed E-state index contributed by atoms with van der Waals surface area (Å²) in [5, 5.41) is 9.21. The molecule has 0 bridgehead atoms. The van der Waals surface area contributed by atoms with Crippen LogP contribution in [0.5, 0.6) is 0 Å². The second-order valence-electron chi connectivity index (χ2n) is 6.35. The summed E-state index contributed by atoms with van der Waals surface area (Å²) in [5.74, 6) is -0.603. The van der Waals surface area contributed by atoms with Crippen LogP contribution in [0.25, 0.3) is 0 Å². The van der Waals surface area contributed by atoms with Gasteiger partial charge < -0.3 is 15.7 Å². The largest absolute Gasteiger partial charge is 0.481 e. The number of nitrogens with zero attached hydrogens (tertiary/aromatic N) is 1. The summed E-state index contributed by atoms with van der Waals surface area (Å²) in [6, 6.07) is 0. The predicted octanol–water partition coefficient (Wildman–Crippen LogP) is 1.22. The van der Waals surface area contributed by atoms with Gasteiger partial charge in [0.2, 0.25) is 5.91 Å². The lowest BCUT2D eigenvalue weighted by atomic mass is 9.78. The number of hydrogen-bond acceptors (Lipinski definition) is 3. The number of carboxylic acids is 1. The highest BCUT2D eigenvalue weighted by molar-refractivity contribution is 5.84. The minimum absolute atomic E-state index is 0.153. The number of aliphatic carboxylic acids is 1. The smallest absolute Gasteiger partial charge is 0.309 e. The SMILES string of the molecule is CC1(C(=O)O)CCN(C(=O)C2(CN)CCCC2)CC1. The van der Waals surface area contributed by atoms with Gasteiger partial charge in [-0.3, -0.25) is 9.59 Å². The van der Waals surface area contributed by atoms with E-state index in [1.165, 1.54) is 0 Å². The van der Waals surface area contributed by atoms with E-state index in [4.69, 9.17) is 5.73 Å². The van der Waals surface area contributed by atoms with Crippen molar-refractivity contribution in [1.82, 2.24) is 4.90 Å². The van der Waals surface area contributed by atoms with Crippen LogP contribution in [0, 0.1) is 10.8 Å². The van der Waals surface area contributed by atoms with Crippen LogP contribution < -0.4 is 5.73 Å². The molecule has 5 heteroatoms. The first kappa shape index (κ1) is 14.3. The van der Waals surface area contributed by atoms with Gasteiger partial charge in [-0.25, -0.2) is 0 Å². The van der Waals surface area contributed by atoms with E-state index >= 15 is 0 Å². The zero-order chi connectivity index (χ0) is 14.1. The molecule has 0 aromatic heterocycles. The number of hydrogen-bond donors (Lipinski definition) is 2. The number of likely N-dealkylation sites (tertiary alicyclic amines) is 1. The van der Waals surface area contributed by atoms with Crippen molar-refractivity contribution in [3.05, 3.63) is 0 Å². The van der Waals surface area contributed by atoms with E-state index in [2.05, 4.69) is 0 Å². The monoisotopic (exact) mass is 268 g/mol. The van der Waals surface area contributed by atoms with Crippen LogP contribution in [0.3, 0.4) is 0 Å². The van der Waals surface area contributed by atoms with Crippen molar-refractivity contribution in [3.63, 3.8) is 0 Å². The number of piperidine rings is 1. The fraction of sp³-hybridized carbons (Fsp3) is 0.857. The summed E-state index contributed by atoms with van der Waals surface area (Å²) in [4.78, 5) is 25.7. The Kier molecular flexibility index (Phi) is 3.85. The highest BCUT2D eigenvalue weighted by Crippen LogP contribution is 2.40. The molecule has 0 aromatic rings. The van der Waals surface area contributed by atoms with Crippen LogP contribution in [0.2, 0.25) is 0 Å². The molecular weight excluding hydrogens is 244 g/mol. The fourth-order valence-electron chi connectivity index (χ4n) is 3.31. The van der Waals surface area contributed by atoms with E-state index in [1.54, 1.807) is 6.92 Å². The minimum Gasteiger partial charge on any atom is -0.481 e. The van der Waals surface area contributed by atoms with E-state index in [0.29, 0.717) is 32.5 Å². The van der Waals surface area contributed by atoms with Crippen molar-refractivity contribution in [2.75, 3.05) is 19.6 Å². The average molecular weight is 268 g/mol. The first-order valence-corrected chi connectivity index (χ1v) is 7.16. The maximum Gasteiger partial charge on any atom is 0.309 e. The standard InChI is InChI=1S/C14H24N2O3/c1-13(12(18)19)6-8-16(9-7-13)11(17)14(10-15)4-2-3-5-14/h2-10,15H2,1H3,(H,18,19). The van der Waals surface area contributed by atoms with Gasteiger partial charge in [0.05, 0.1) is 10.8 Å². The number of amides is 1. The lowest BCUT2D eigenvalue weighted by Gasteiger charge is -2.40. The number of carboxylic acid groups (broad SMARTS) is 1. The second-order valence-corrected chi connectivity index (χ2v) is 6.35.